The van der Waals surface area contributed by atoms with Crippen molar-refractivity contribution in [2.75, 3.05) is 0 Å². The molecule has 3 rings (SSSR count). The number of aliphatic hydroxyl groups excluding tert-OH is 1. The summed E-state index contributed by atoms with van der Waals surface area (Å²) in [6.45, 7) is -0.281. The van der Waals surface area contributed by atoms with Crippen molar-refractivity contribution in [2.24, 2.45) is 0 Å². The van der Waals surface area contributed by atoms with Gasteiger partial charge in [-0.2, -0.15) is 5.10 Å². The average molecular weight is 274 g/mol. The summed E-state index contributed by atoms with van der Waals surface area (Å²) in [5, 5.41) is 13.5. The molecule has 2 aromatic rings. The Labute approximate surface area is 118 Å². The quantitative estimate of drug-likeness (QED) is 0.927. The monoisotopic (exact) mass is 274 g/mol. The van der Waals surface area contributed by atoms with Gasteiger partial charge in [-0.15, -0.1) is 0 Å². The van der Waals surface area contributed by atoms with Gasteiger partial charge < -0.3 is 5.11 Å². The van der Waals surface area contributed by atoms with Crippen molar-refractivity contribution >= 4 is 0 Å². The summed E-state index contributed by atoms with van der Waals surface area (Å²) in [6, 6.07) is 5.55. The molecule has 4 heteroatoms. The normalized spacial score (nSPS) is 16.5. The van der Waals surface area contributed by atoms with Crippen LogP contribution in [0.4, 0.5) is 4.39 Å². The zero-order valence-corrected chi connectivity index (χ0v) is 11.4. The van der Waals surface area contributed by atoms with Crippen molar-refractivity contribution in [1.82, 2.24) is 9.78 Å². The molecule has 0 bridgehead atoms. The van der Waals surface area contributed by atoms with E-state index in [9.17, 15) is 4.39 Å². The van der Waals surface area contributed by atoms with Gasteiger partial charge >= 0.3 is 0 Å². The van der Waals surface area contributed by atoms with E-state index in [0.717, 1.165) is 18.4 Å². The van der Waals surface area contributed by atoms with E-state index >= 15 is 0 Å². The summed E-state index contributed by atoms with van der Waals surface area (Å²) in [7, 11) is 0. The topological polar surface area (TPSA) is 38.1 Å². The molecule has 0 radical (unpaired) electrons. The van der Waals surface area contributed by atoms with Gasteiger partial charge in [0.15, 0.2) is 0 Å². The molecular formula is C16H19FN2O. The first-order valence-electron chi connectivity index (χ1n) is 7.22. The molecule has 1 aliphatic rings. The van der Waals surface area contributed by atoms with Crippen LogP contribution in [0.25, 0.3) is 11.1 Å². The van der Waals surface area contributed by atoms with Gasteiger partial charge in [0.25, 0.3) is 0 Å². The summed E-state index contributed by atoms with van der Waals surface area (Å²) < 4.78 is 16.2. The fraction of sp³-hybridized carbons (Fsp3) is 0.438. The lowest BCUT2D eigenvalue weighted by Gasteiger charge is -2.21. The number of hydrogen-bond acceptors (Lipinski definition) is 2. The lowest BCUT2D eigenvalue weighted by atomic mass is 9.96. The van der Waals surface area contributed by atoms with Gasteiger partial charge in [-0.1, -0.05) is 37.5 Å². The average Bonchev–Trinajstić information content (AvgIpc) is 2.98. The van der Waals surface area contributed by atoms with Crippen molar-refractivity contribution in [2.45, 2.75) is 44.8 Å². The lowest BCUT2D eigenvalue weighted by Crippen LogP contribution is -2.12. The first kappa shape index (κ1) is 13.3. The molecule has 1 fully saturated rings. The molecule has 0 amide bonds. The molecule has 1 N–H and O–H groups in total. The van der Waals surface area contributed by atoms with Crippen LogP contribution in [-0.2, 0) is 6.61 Å². The molecule has 0 aliphatic heterocycles. The van der Waals surface area contributed by atoms with Gasteiger partial charge in [0.05, 0.1) is 18.8 Å². The predicted molar refractivity (Wildman–Crippen MR) is 75.7 cm³/mol. The number of aromatic nitrogens is 2. The number of aliphatic hydroxyl groups is 1. The molecular weight excluding hydrogens is 255 g/mol. The third-order valence-electron chi connectivity index (χ3n) is 4.11. The van der Waals surface area contributed by atoms with Gasteiger partial charge in [-0.3, -0.25) is 4.68 Å². The molecule has 1 aliphatic carbocycles. The van der Waals surface area contributed by atoms with Crippen molar-refractivity contribution in [1.29, 1.82) is 0 Å². The first-order valence-corrected chi connectivity index (χ1v) is 7.22. The van der Waals surface area contributed by atoms with Crippen LogP contribution in [-0.4, -0.2) is 14.9 Å². The van der Waals surface area contributed by atoms with E-state index in [2.05, 4.69) is 5.10 Å². The first-order chi connectivity index (χ1) is 9.79. The lowest BCUT2D eigenvalue weighted by molar-refractivity contribution is 0.276. The van der Waals surface area contributed by atoms with Crippen molar-refractivity contribution in [3.05, 3.63) is 42.0 Å². The van der Waals surface area contributed by atoms with Crippen molar-refractivity contribution in [3.63, 3.8) is 0 Å². The minimum absolute atomic E-state index is 0.281. The summed E-state index contributed by atoms with van der Waals surface area (Å²) in [6.07, 6.45) is 9.74. The third-order valence-corrected chi connectivity index (χ3v) is 4.11. The minimum Gasteiger partial charge on any atom is -0.392 e. The van der Waals surface area contributed by atoms with Crippen LogP contribution in [0, 0.1) is 5.82 Å². The Kier molecular flexibility index (Phi) is 3.83. The Morgan fingerprint density at radius 2 is 2.05 bits per heavy atom. The van der Waals surface area contributed by atoms with Crippen LogP contribution in [0.3, 0.4) is 0 Å². The van der Waals surface area contributed by atoms with E-state index in [0.29, 0.717) is 17.2 Å². The van der Waals surface area contributed by atoms with E-state index in [1.807, 2.05) is 10.9 Å². The predicted octanol–water partition coefficient (Wildman–Crippen LogP) is 3.69. The maximum absolute atomic E-state index is 14.2. The van der Waals surface area contributed by atoms with E-state index in [4.69, 9.17) is 5.11 Å². The molecule has 1 aromatic heterocycles. The maximum Gasteiger partial charge on any atom is 0.136 e. The van der Waals surface area contributed by atoms with Gasteiger partial charge in [0, 0.05) is 22.9 Å². The van der Waals surface area contributed by atoms with Gasteiger partial charge in [0.1, 0.15) is 5.82 Å². The number of rotatable bonds is 3. The molecule has 3 nitrogen and oxygen atoms in total. The fourth-order valence-corrected chi connectivity index (χ4v) is 2.95. The summed E-state index contributed by atoms with van der Waals surface area (Å²) in [5.74, 6) is -0.349. The summed E-state index contributed by atoms with van der Waals surface area (Å²) in [5.41, 5.74) is 1.62. The number of benzene rings is 1. The SMILES string of the molecule is OCc1cccc(-c2cnn(C3CCCCC3)c2)c1F. The van der Waals surface area contributed by atoms with E-state index in [-0.39, 0.29) is 12.4 Å². The molecule has 20 heavy (non-hydrogen) atoms. The number of nitrogens with zero attached hydrogens (tertiary/aromatic N) is 2. The third kappa shape index (κ3) is 2.48. The van der Waals surface area contributed by atoms with Gasteiger partial charge in [-0.05, 0) is 12.8 Å². The second-order valence-corrected chi connectivity index (χ2v) is 5.44. The Morgan fingerprint density at radius 1 is 1.25 bits per heavy atom. The second kappa shape index (κ2) is 5.75. The van der Waals surface area contributed by atoms with Crippen LogP contribution < -0.4 is 0 Å². The number of halogens is 1. The highest BCUT2D eigenvalue weighted by molar-refractivity contribution is 5.63. The number of hydrogen-bond donors (Lipinski definition) is 1. The summed E-state index contributed by atoms with van der Waals surface area (Å²) >= 11 is 0. The Hall–Kier alpha value is -1.68. The highest BCUT2D eigenvalue weighted by Gasteiger charge is 2.17. The highest BCUT2D eigenvalue weighted by atomic mass is 19.1. The molecule has 106 valence electrons. The second-order valence-electron chi connectivity index (χ2n) is 5.44. The molecule has 0 atom stereocenters. The zero-order chi connectivity index (χ0) is 13.9. The van der Waals surface area contributed by atoms with Crippen LogP contribution in [0.15, 0.2) is 30.6 Å². The van der Waals surface area contributed by atoms with Crippen LogP contribution in [0.1, 0.15) is 43.7 Å². The maximum atomic E-state index is 14.2. The van der Waals surface area contributed by atoms with Gasteiger partial charge in [-0.25, -0.2) is 4.39 Å². The molecule has 1 saturated carbocycles. The zero-order valence-electron chi connectivity index (χ0n) is 11.4. The largest absolute Gasteiger partial charge is 0.392 e. The molecule has 1 heterocycles. The van der Waals surface area contributed by atoms with Crippen LogP contribution in [0.5, 0.6) is 0 Å². The van der Waals surface area contributed by atoms with Crippen LogP contribution in [0.2, 0.25) is 0 Å². The fourth-order valence-electron chi connectivity index (χ4n) is 2.95. The minimum atomic E-state index is -0.349. The molecule has 1 aromatic carbocycles. The summed E-state index contributed by atoms with van der Waals surface area (Å²) in [4.78, 5) is 0. The Balaban J connectivity index is 1.90. The molecule has 0 unspecified atom stereocenters. The Morgan fingerprint density at radius 3 is 2.80 bits per heavy atom. The smallest absolute Gasteiger partial charge is 0.136 e. The molecule has 0 saturated heterocycles. The van der Waals surface area contributed by atoms with E-state index in [1.54, 1.807) is 24.4 Å². The van der Waals surface area contributed by atoms with E-state index in [1.165, 1.54) is 19.3 Å². The van der Waals surface area contributed by atoms with Crippen LogP contribution >= 0.6 is 0 Å². The standard InChI is InChI=1S/C16H19FN2O/c17-16-12(11-20)5-4-8-15(16)13-9-18-19(10-13)14-6-2-1-3-7-14/h4-5,8-10,14,20H,1-3,6-7,11H2. The highest BCUT2D eigenvalue weighted by Crippen LogP contribution is 2.30. The van der Waals surface area contributed by atoms with Crippen molar-refractivity contribution in [3.8, 4) is 11.1 Å². The van der Waals surface area contributed by atoms with Gasteiger partial charge in [0.2, 0.25) is 0 Å². The Bertz CT molecular complexity index is 588. The van der Waals surface area contributed by atoms with E-state index < -0.39 is 0 Å². The molecule has 0 spiro atoms. The van der Waals surface area contributed by atoms with Crippen molar-refractivity contribution < 1.29 is 9.50 Å².